The number of oxazole rings is 1. The number of hydrogen-bond acceptors (Lipinski definition) is 4. The molecule has 96 valence electrons. The van der Waals surface area contributed by atoms with Crippen LogP contribution in [0, 0.1) is 6.92 Å². The molecule has 1 heterocycles. The lowest BCUT2D eigenvalue weighted by atomic mass is 9.90. The van der Waals surface area contributed by atoms with E-state index in [1.165, 1.54) is 0 Å². The Bertz CT molecular complexity index is 710. The van der Waals surface area contributed by atoms with Gasteiger partial charge in [-0.1, -0.05) is 31.5 Å². The molecule has 2 aromatic rings. The van der Waals surface area contributed by atoms with Crippen LogP contribution in [0.15, 0.2) is 22.6 Å². The number of Topliss-reactive ketones (excluding diaryl/α,β-unsaturated/α-hetero) is 2. The van der Waals surface area contributed by atoms with E-state index in [-0.39, 0.29) is 11.6 Å². The van der Waals surface area contributed by atoms with Crippen molar-refractivity contribution in [2.45, 2.75) is 26.7 Å². The fourth-order valence-corrected chi connectivity index (χ4v) is 2.19. The normalized spacial score (nSPS) is 13.7. The van der Waals surface area contributed by atoms with Crippen LogP contribution in [0.25, 0.3) is 11.3 Å². The topological polar surface area (TPSA) is 60.2 Å². The third-order valence-corrected chi connectivity index (χ3v) is 3.22. The number of carbonyl (C=O) groups is 2. The van der Waals surface area contributed by atoms with Gasteiger partial charge in [0.25, 0.3) is 5.78 Å². The van der Waals surface area contributed by atoms with Gasteiger partial charge in [-0.05, 0) is 13.0 Å². The fourth-order valence-electron chi connectivity index (χ4n) is 2.19. The molecular formula is C15H13NO3. The van der Waals surface area contributed by atoms with Crippen LogP contribution in [-0.2, 0) is 0 Å². The molecule has 19 heavy (non-hydrogen) atoms. The van der Waals surface area contributed by atoms with Crippen LogP contribution in [0.2, 0.25) is 0 Å². The van der Waals surface area contributed by atoms with Gasteiger partial charge in [0.05, 0.1) is 0 Å². The lowest BCUT2D eigenvalue weighted by molar-refractivity contribution is 0.0812. The highest BCUT2D eigenvalue weighted by Crippen LogP contribution is 2.35. The Kier molecular flexibility index (Phi) is 2.42. The molecule has 0 spiro atoms. The molecule has 0 amide bonds. The Labute approximate surface area is 110 Å². The average Bonchev–Trinajstić information content (AvgIpc) is 2.81. The van der Waals surface area contributed by atoms with Crippen molar-refractivity contribution in [2.75, 3.05) is 0 Å². The molecule has 1 aliphatic carbocycles. The van der Waals surface area contributed by atoms with Crippen LogP contribution >= 0.6 is 0 Å². The zero-order chi connectivity index (χ0) is 13.7. The van der Waals surface area contributed by atoms with E-state index in [9.17, 15) is 9.59 Å². The van der Waals surface area contributed by atoms with Crippen LogP contribution in [0.4, 0.5) is 0 Å². The van der Waals surface area contributed by atoms with Crippen molar-refractivity contribution in [1.29, 1.82) is 0 Å². The highest BCUT2D eigenvalue weighted by molar-refractivity contribution is 6.52. The van der Waals surface area contributed by atoms with Gasteiger partial charge in [0.2, 0.25) is 5.78 Å². The molecule has 0 saturated carbocycles. The van der Waals surface area contributed by atoms with Crippen molar-refractivity contribution >= 4 is 11.6 Å². The molecule has 1 aromatic carbocycles. The molecule has 1 aliphatic rings. The summed E-state index contributed by atoms with van der Waals surface area (Å²) in [6.07, 6.45) is 0. The predicted octanol–water partition coefficient (Wildman–Crippen LogP) is 3.15. The molecule has 0 radical (unpaired) electrons. The number of benzene rings is 1. The van der Waals surface area contributed by atoms with Gasteiger partial charge in [0.15, 0.2) is 17.3 Å². The fraction of sp³-hybridized carbons (Fsp3) is 0.267. The van der Waals surface area contributed by atoms with Crippen LogP contribution < -0.4 is 0 Å². The lowest BCUT2D eigenvalue weighted by Gasteiger charge is -2.12. The number of carbonyl (C=O) groups excluding carboxylic acids is 2. The number of ketones is 2. The maximum absolute atomic E-state index is 12.1. The number of aryl methyl sites for hydroxylation is 1. The largest absolute Gasteiger partial charge is 0.440 e. The summed E-state index contributed by atoms with van der Waals surface area (Å²) in [4.78, 5) is 28.3. The molecule has 3 rings (SSSR count). The standard InChI is InChI=1S/C15H13NO3/c1-7(2)15-16-11-13(18)12(17)10-6-8(3)4-5-9(10)14(11)19-15/h4-7H,1-3H3. The lowest BCUT2D eigenvalue weighted by Crippen LogP contribution is -2.21. The van der Waals surface area contributed by atoms with Crippen LogP contribution in [0.1, 0.15) is 52.1 Å². The van der Waals surface area contributed by atoms with Crippen molar-refractivity contribution in [1.82, 2.24) is 4.98 Å². The van der Waals surface area contributed by atoms with E-state index < -0.39 is 11.6 Å². The maximum Gasteiger partial charge on any atom is 0.255 e. The van der Waals surface area contributed by atoms with Gasteiger partial charge in [-0.2, -0.15) is 0 Å². The van der Waals surface area contributed by atoms with Crippen molar-refractivity contribution < 1.29 is 14.0 Å². The average molecular weight is 255 g/mol. The van der Waals surface area contributed by atoms with Crippen LogP contribution in [0.5, 0.6) is 0 Å². The minimum atomic E-state index is -0.580. The Morgan fingerprint density at radius 1 is 1.11 bits per heavy atom. The zero-order valence-electron chi connectivity index (χ0n) is 11.0. The second-order valence-corrected chi connectivity index (χ2v) is 5.09. The van der Waals surface area contributed by atoms with Crippen molar-refractivity contribution in [3.8, 4) is 11.3 Å². The summed E-state index contributed by atoms with van der Waals surface area (Å²) in [5, 5.41) is 0. The predicted molar refractivity (Wildman–Crippen MR) is 69.4 cm³/mol. The number of rotatable bonds is 1. The third kappa shape index (κ3) is 1.63. The van der Waals surface area contributed by atoms with E-state index in [0.29, 0.717) is 22.8 Å². The second-order valence-electron chi connectivity index (χ2n) is 5.09. The Hall–Kier alpha value is -2.23. The smallest absolute Gasteiger partial charge is 0.255 e. The Balaban J connectivity index is 2.30. The zero-order valence-corrected chi connectivity index (χ0v) is 11.0. The minimum absolute atomic E-state index is 0.0717. The third-order valence-electron chi connectivity index (χ3n) is 3.22. The number of hydrogen-bond donors (Lipinski definition) is 0. The van der Waals surface area contributed by atoms with E-state index in [1.54, 1.807) is 6.07 Å². The van der Waals surface area contributed by atoms with E-state index in [4.69, 9.17) is 4.42 Å². The van der Waals surface area contributed by atoms with Gasteiger partial charge < -0.3 is 4.42 Å². The SMILES string of the molecule is Cc1ccc2c(c1)C(=O)C(=O)c1nc(C(C)C)oc1-2. The highest BCUT2D eigenvalue weighted by atomic mass is 16.4. The van der Waals surface area contributed by atoms with Gasteiger partial charge in [0.1, 0.15) is 0 Å². The summed E-state index contributed by atoms with van der Waals surface area (Å²) in [5.41, 5.74) is 2.14. The van der Waals surface area contributed by atoms with E-state index in [0.717, 1.165) is 5.56 Å². The van der Waals surface area contributed by atoms with Gasteiger partial charge in [-0.3, -0.25) is 9.59 Å². The first-order chi connectivity index (χ1) is 8.99. The number of nitrogens with zero attached hydrogens (tertiary/aromatic N) is 1. The maximum atomic E-state index is 12.1. The summed E-state index contributed by atoms with van der Waals surface area (Å²) >= 11 is 0. The number of aromatic nitrogens is 1. The van der Waals surface area contributed by atoms with Gasteiger partial charge in [-0.15, -0.1) is 0 Å². The molecule has 0 bridgehead atoms. The minimum Gasteiger partial charge on any atom is -0.440 e. The first kappa shape index (κ1) is 11.8. The summed E-state index contributed by atoms with van der Waals surface area (Å²) in [5.74, 6) is -0.108. The van der Waals surface area contributed by atoms with Crippen molar-refractivity contribution in [2.24, 2.45) is 0 Å². The molecule has 0 saturated heterocycles. The first-order valence-electron chi connectivity index (χ1n) is 6.20. The van der Waals surface area contributed by atoms with Crippen molar-refractivity contribution in [3.63, 3.8) is 0 Å². The van der Waals surface area contributed by atoms with E-state index in [1.807, 2.05) is 32.9 Å². The van der Waals surface area contributed by atoms with Crippen molar-refractivity contribution in [3.05, 3.63) is 40.9 Å². The monoisotopic (exact) mass is 255 g/mol. The molecule has 1 aromatic heterocycles. The molecule has 4 nitrogen and oxygen atoms in total. The van der Waals surface area contributed by atoms with E-state index in [2.05, 4.69) is 4.98 Å². The van der Waals surface area contributed by atoms with Gasteiger partial charge >= 0.3 is 0 Å². The van der Waals surface area contributed by atoms with Gasteiger partial charge in [-0.25, -0.2) is 4.98 Å². The second kappa shape index (κ2) is 3.88. The van der Waals surface area contributed by atoms with Gasteiger partial charge in [0, 0.05) is 17.0 Å². The first-order valence-corrected chi connectivity index (χ1v) is 6.20. The molecule has 4 heteroatoms. The van der Waals surface area contributed by atoms with Crippen LogP contribution in [0.3, 0.4) is 0 Å². The van der Waals surface area contributed by atoms with Crippen LogP contribution in [-0.4, -0.2) is 16.6 Å². The van der Waals surface area contributed by atoms with E-state index >= 15 is 0 Å². The summed E-state index contributed by atoms with van der Waals surface area (Å²) < 4.78 is 5.67. The molecule has 0 N–H and O–H groups in total. The quantitative estimate of drug-likeness (QED) is 0.734. The molecule has 0 fully saturated rings. The Morgan fingerprint density at radius 3 is 2.53 bits per heavy atom. The summed E-state index contributed by atoms with van der Waals surface area (Å²) in [6.45, 7) is 5.74. The summed E-state index contributed by atoms with van der Waals surface area (Å²) in [6, 6.07) is 5.42. The summed E-state index contributed by atoms with van der Waals surface area (Å²) in [7, 11) is 0. The number of fused-ring (bicyclic) bond motifs is 3. The molecule has 0 unspecified atom stereocenters. The Morgan fingerprint density at radius 2 is 1.84 bits per heavy atom. The molecule has 0 aliphatic heterocycles. The molecule has 0 atom stereocenters. The highest BCUT2D eigenvalue weighted by Gasteiger charge is 2.35. The molecular weight excluding hydrogens is 242 g/mol.